The van der Waals surface area contributed by atoms with E-state index < -0.39 is 0 Å². The molecule has 0 aromatic carbocycles. The molecule has 0 saturated carbocycles. The van der Waals surface area contributed by atoms with Crippen molar-refractivity contribution in [1.82, 2.24) is 4.90 Å². The molecule has 1 nitrogen and oxygen atoms in total. The van der Waals surface area contributed by atoms with E-state index >= 15 is 0 Å². The Balaban J connectivity index is 2.80. The Bertz CT molecular complexity index is 69.3. The minimum atomic E-state index is 1.13. The fourth-order valence-corrected chi connectivity index (χ4v) is 1.06. The van der Waals surface area contributed by atoms with Crippen LogP contribution in [0.5, 0.6) is 0 Å². The van der Waals surface area contributed by atoms with Gasteiger partial charge in [-0.3, -0.25) is 0 Å². The largest absolute Gasteiger partial charge is 0.309 e. The first-order chi connectivity index (χ1) is 5.27. The molecule has 0 N–H and O–H groups in total. The van der Waals surface area contributed by atoms with Gasteiger partial charge in [-0.15, -0.1) is 0 Å². The lowest BCUT2D eigenvalue weighted by Crippen LogP contribution is -2.13. The van der Waals surface area contributed by atoms with Crippen molar-refractivity contribution in [2.45, 2.75) is 39.0 Å². The highest BCUT2D eigenvalue weighted by Gasteiger charge is 1.91. The molecule has 1 radical (unpaired) electrons. The van der Waals surface area contributed by atoms with E-state index in [1.54, 1.807) is 0 Å². The zero-order valence-corrected chi connectivity index (χ0v) is 8.27. The fourth-order valence-electron chi connectivity index (χ4n) is 1.06. The maximum Gasteiger partial charge on any atom is 0.000669 e. The third-order valence-electron chi connectivity index (χ3n) is 1.76. The number of rotatable bonds is 7. The Kier molecular flexibility index (Phi) is 8.03. The van der Waals surface area contributed by atoms with E-state index in [2.05, 4.69) is 32.3 Å². The van der Waals surface area contributed by atoms with Gasteiger partial charge in [-0.25, -0.2) is 0 Å². The van der Waals surface area contributed by atoms with Crippen LogP contribution in [-0.2, 0) is 0 Å². The van der Waals surface area contributed by atoms with Gasteiger partial charge in [0.2, 0.25) is 0 Å². The zero-order chi connectivity index (χ0) is 8.53. The molecule has 67 valence electrons. The summed E-state index contributed by atoms with van der Waals surface area (Å²) in [5.41, 5.74) is 0. The van der Waals surface area contributed by atoms with Crippen LogP contribution in [0.4, 0.5) is 0 Å². The molecular formula is C10H22N. The summed E-state index contributed by atoms with van der Waals surface area (Å²) in [7, 11) is 4.23. The van der Waals surface area contributed by atoms with Crippen molar-refractivity contribution in [2.75, 3.05) is 20.6 Å². The zero-order valence-electron chi connectivity index (χ0n) is 8.27. The average Bonchev–Trinajstić information content (AvgIpc) is 1.96. The van der Waals surface area contributed by atoms with Crippen LogP contribution in [0.2, 0.25) is 0 Å². The van der Waals surface area contributed by atoms with Crippen LogP contribution in [0.1, 0.15) is 39.0 Å². The smallest absolute Gasteiger partial charge is 0.000669 e. The van der Waals surface area contributed by atoms with E-state index in [1.807, 2.05) is 0 Å². The molecule has 0 atom stereocenters. The first-order valence-electron chi connectivity index (χ1n) is 4.73. The third kappa shape index (κ3) is 9.96. The van der Waals surface area contributed by atoms with Crippen LogP contribution >= 0.6 is 0 Å². The molecule has 0 saturated heterocycles. The quantitative estimate of drug-likeness (QED) is 0.512. The molecule has 0 aliphatic rings. The summed E-state index contributed by atoms with van der Waals surface area (Å²) in [6.07, 6.45) is 9.18. The summed E-state index contributed by atoms with van der Waals surface area (Å²) in [5.74, 6) is 0. The van der Waals surface area contributed by atoms with E-state index in [0.717, 1.165) is 6.54 Å². The van der Waals surface area contributed by atoms with Gasteiger partial charge in [-0.1, -0.05) is 32.6 Å². The Morgan fingerprint density at radius 2 is 1.82 bits per heavy atom. The molecule has 0 fully saturated rings. The summed E-state index contributed by atoms with van der Waals surface area (Å²) >= 11 is 0. The van der Waals surface area contributed by atoms with Crippen molar-refractivity contribution in [1.29, 1.82) is 0 Å². The number of hydrogen-bond donors (Lipinski definition) is 0. The van der Waals surface area contributed by atoms with Gasteiger partial charge in [-0.05, 0) is 26.9 Å². The van der Waals surface area contributed by atoms with Crippen LogP contribution < -0.4 is 0 Å². The molecule has 0 rings (SSSR count). The van der Waals surface area contributed by atoms with Crippen molar-refractivity contribution in [3.63, 3.8) is 0 Å². The van der Waals surface area contributed by atoms with E-state index in [4.69, 9.17) is 0 Å². The van der Waals surface area contributed by atoms with Gasteiger partial charge in [0.05, 0.1) is 0 Å². The van der Waals surface area contributed by atoms with Crippen molar-refractivity contribution >= 4 is 0 Å². The maximum atomic E-state index is 2.37. The minimum absolute atomic E-state index is 1.13. The van der Waals surface area contributed by atoms with Crippen LogP contribution in [-0.4, -0.2) is 25.5 Å². The van der Waals surface area contributed by atoms with Crippen LogP contribution in [0.25, 0.3) is 0 Å². The molecular weight excluding hydrogens is 134 g/mol. The van der Waals surface area contributed by atoms with Gasteiger partial charge in [-0.2, -0.15) is 0 Å². The summed E-state index contributed by atoms with van der Waals surface area (Å²) in [6, 6.07) is 0. The van der Waals surface area contributed by atoms with Crippen LogP contribution in [0.15, 0.2) is 0 Å². The van der Waals surface area contributed by atoms with Crippen LogP contribution in [0.3, 0.4) is 0 Å². The molecule has 0 aliphatic carbocycles. The first-order valence-corrected chi connectivity index (χ1v) is 4.73. The second-order valence-corrected chi connectivity index (χ2v) is 3.40. The number of nitrogens with zero attached hydrogens (tertiary/aromatic N) is 1. The van der Waals surface area contributed by atoms with E-state index in [-0.39, 0.29) is 0 Å². The molecule has 11 heavy (non-hydrogen) atoms. The topological polar surface area (TPSA) is 3.24 Å². The van der Waals surface area contributed by atoms with Gasteiger partial charge >= 0.3 is 0 Å². The fraction of sp³-hybridized carbons (Fsp3) is 0.900. The van der Waals surface area contributed by atoms with Crippen molar-refractivity contribution in [3.8, 4) is 0 Å². The number of unbranched alkanes of at least 4 members (excludes halogenated alkanes) is 5. The normalized spacial score (nSPS) is 10.9. The Morgan fingerprint density at radius 1 is 1.09 bits per heavy atom. The van der Waals surface area contributed by atoms with Crippen LogP contribution in [0, 0.1) is 6.42 Å². The monoisotopic (exact) mass is 156 g/mol. The second-order valence-electron chi connectivity index (χ2n) is 3.40. The SMILES string of the molecule is CCCCCC[CH]CN(C)C. The molecule has 1 heteroatoms. The van der Waals surface area contributed by atoms with E-state index in [9.17, 15) is 0 Å². The molecule has 0 aromatic rings. The third-order valence-corrected chi connectivity index (χ3v) is 1.76. The highest BCUT2D eigenvalue weighted by atomic mass is 15.0. The molecule has 0 unspecified atom stereocenters. The van der Waals surface area contributed by atoms with Crippen molar-refractivity contribution in [2.24, 2.45) is 0 Å². The Labute approximate surface area is 71.8 Å². The Hall–Kier alpha value is -0.0400. The molecule has 0 bridgehead atoms. The van der Waals surface area contributed by atoms with E-state index in [0.29, 0.717) is 0 Å². The van der Waals surface area contributed by atoms with Gasteiger partial charge in [0.15, 0.2) is 0 Å². The number of hydrogen-bond acceptors (Lipinski definition) is 1. The highest BCUT2D eigenvalue weighted by molar-refractivity contribution is 4.66. The van der Waals surface area contributed by atoms with Gasteiger partial charge in [0.25, 0.3) is 0 Å². The summed E-state index contributed by atoms with van der Waals surface area (Å²) < 4.78 is 0. The standard InChI is InChI=1S/C10H22N/c1-4-5-6-7-8-9-10-11(2)3/h9H,4-8,10H2,1-3H3. The molecule has 0 aliphatic heterocycles. The van der Waals surface area contributed by atoms with Crippen molar-refractivity contribution in [3.05, 3.63) is 6.42 Å². The highest BCUT2D eigenvalue weighted by Crippen LogP contribution is 2.03. The first kappa shape index (κ1) is 11.0. The average molecular weight is 156 g/mol. The van der Waals surface area contributed by atoms with E-state index in [1.165, 1.54) is 32.1 Å². The minimum Gasteiger partial charge on any atom is -0.309 e. The summed E-state index contributed by atoms with van der Waals surface area (Å²) in [5, 5.41) is 0. The second kappa shape index (κ2) is 8.06. The molecule has 0 aromatic heterocycles. The lowest BCUT2D eigenvalue weighted by Gasteiger charge is -2.07. The maximum absolute atomic E-state index is 2.37. The molecule has 0 heterocycles. The predicted octanol–water partition coefficient (Wildman–Crippen LogP) is 2.72. The summed E-state index contributed by atoms with van der Waals surface area (Å²) in [6.45, 7) is 3.38. The molecule has 0 spiro atoms. The van der Waals surface area contributed by atoms with Gasteiger partial charge in [0.1, 0.15) is 0 Å². The van der Waals surface area contributed by atoms with Gasteiger partial charge < -0.3 is 4.90 Å². The Morgan fingerprint density at radius 3 is 2.36 bits per heavy atom. The van der Waals surface area contributed by atoms with Crippen molar-refractivity contribution < 1.29 is 0 Å². The molecule has 0 amide bonds. The predicted molar refractivity (Wildman–Crippen MR) is 51.6 cm³/mol. The lowest BCUT2D eigenvalue weighted by atomic mass is 10.1. The summed E-state index contributed by atoms with van der Waals surface area (Å²) in [4.78, 5) is 2.21. The van der Waals surface area contributed by atoms with Gasteiger partial charge in [0, 0.05) is 6.54 Å². The lowest BCUT2D eigenvalue weighted by molar-refractivity contribution is 0.433.